The van der Waals surface area contributed by atoms with Gasteiger partial charge in [-0.05, 0) is 31.5 Å². The van der Waals surface area contributed by atoms with Gasteiger partial charge in [0.05, 0.1) is 5.02 Å². The average molecular weight is 250 g/mol. The summed E-state index contributed by atoms with van der Waals surface area (Å²) >= 11 is 6.14. The van der Waals surface area contributed by atoms with Gasteiger partial charge < -0.3 is 10.3 Å². The van der Waals surface area contributed by atoms with Crippen molar-refractivity contribution in [1.82, 2.24) is 15.3 Å². The van der Waals surface area contributed by atoms with Crippen molar-refractivity contribution in [3.05, 3.63) is 29.0 Å². The van der Waals surface area contributed by atoms with E-state index in [0.717, 1.165) is 29.0 Å². The Morgan fingerprint density at radius 2 is 2.35 bits per heavy atom. The monoisotopic (exact) mass is 249 g/mol. The van der Waals surface area contributed by atoms with Crippen LogP contribution < -0.4 is 5.32 Å². The number of aromatic amines is 1. The third-order valence-electron chi connectivity index (χ3n) is 3.41. The highest BCUT2D eigenvalue weighted by atomic mass is 35.5. The van der Waals surface area contributed by atoms with Gasteiger partial charge in [-0.25, -0.2) is 4.98 Å². The summed E-state index contributed by atoms with van der Waals surface area (Å²) in [5.41, 5.74) is 2.11. The van der Waals surface area contributed by atoms with Crippen molar-refractivity contribution in [2.24, 2.45) is 0 Å². The molecule has 17 heavy (non-hydrogen) atoms. The SMILES string of the molecule is Clc1ccnc2[nH]c(CC3CCCCN3)cc12. The summed E-state index contributed by atoms with van der Waals surface area (Å²) in [5.74, 6) is 0. The number of halogens is 1. The van der Waals surface area contributed by atoms with E-state index in [1.807, 2.05) is 6.07 Å². The molecule has 0 radical (unpaired) electrons. The maximum atomic E-state index is 6.14. The molecule has 2 N–H and O–H groups in total. The zero-order valence-corrected chi connectivity index (χ0v) is 10.4. The lowest BCUT2D eigenvalue weighted by molar-refractivity contribution is 0.397. The summed E-state index contributed by atoms with van der Waals surface area (Å²) in [6.45, 7) is 1.14. The van der Waals surface area contributed by atoms with Gasteiger partial charge in [0, 0.05) is 29.7 Å². The molecule has 1 saturated heterocycles. The highest BCUT2D eigenvalue weighted by molar-refractivity contribution is 6.35. The fourth-order valence-corrected chi connectivity index (χ4v) is 2.72. The fraction of sp³-hybridized carbons (Fsp3) is 0.462. The second-order valence-electron chi connectivity index (χ2n) is 4.70. The molecule has 0 aromatic carbocycles. The minimum Gasteiger partial charge on any atom is -0.343 e. The molecule has 0 aliphatic carbocycles. The molecule has 4 heteroatoms. The molecule has 0 saturated carbocycles. The van der Waals surface area contributed by atoms with Crippen LogP contribution in [-0.2, 0) is 6.42 Å². The van der Waals surface area contributed by atoms with Crippen molar-refractivity contribution in [2.45, 2.75) is 31.7 Å². The quantitative estimate of drug-likeness (QED) is 0.859. The smallest absolute Gasteiger partial charge is 0.138 e. The van der Waals surface area contributed by atoms with Crippen molar-refractivity contribution >= 4 is 22.6 Å². The topological polar surface area (TPSA) is 40.7 Å². The Kier molecular flexibility index (Phi) is 3.04. The lowest BCUT2D eigenvalue weighted by Crippen LogP contribution is -2.35. The molecule has 1 aliphatic heterocycles. The number of pyridine rings is 1. The standard InChI is InChI=1S/C13H16ClN3/c14-12-4-6-16-13-11(12)8-10(17-13)7-9-3-1-2-5-15-9/h4,6,8-9,15H,1-3,5,7H2,(H,16,17). The van der Waals surface area contributed by atoms with Crippen LogP contribution in [0.5, 0.6) is 0 Å². The second-order valence-corrected chi connectivity index (χ2v) is 5.11. The molecule has 0 amide bonds. The van der Waals surface area contributed by atoms with Crippen LogP contribution in [0.2, 0.25) is 5.02 Å². The van der Waals surface area contributed by atoms with E-state index in [1.165, 1.54) is 25.0 Å². The predicted octanol–water partition coefficient (Wildman–Crippen LogP) is 2.90. The van der Waals surface area contributed by atoms with Gasteiger partial charge >= 0.3 is 0 Å². The Balaban J connectivity index is 1.83. The fourth-order valence-electron chi connectivity index (χ4n) is 2.52. The third-order valence-corrected chi connectivity index (χ3v) is 3.74. The van der Waals surface area contributed by atoms with Gasteiger partial charge in [0.2, 0.25) is 0 Å². The lowest BCUT2D eigenvalue weighted by atomic mass is 10.0. The molecule has 0 bridgehead atoms. The molecule has 90 valence electrons. The minimum atomic E-state index is 0.593. The number of nitrogens with zero attached hydrogens (tertiary/aromatic N) is 1. The van der Waals surface area contributed by atoms with Crippen LogP contribution in [0.3, 0.4) is 0 Å². The van der Waals surface area contributed by atoms with Gasteiger partial charge in [0.1, 0.15) is 5.65 Å². The molecule has 1 atom stereocenters. The van der Waals surface area contributed by atoms with E-state index >= 15 is 0 Å². The second kappa shape index (κ2) is 4.67. The lowest BCUT2D eigenvalue weighted by Gasteiger charge is -2.22. The van der Waals surface area contributed by atoms with E-state index in [1.54, 1.807) is 6.20 Å². The molecule has 0 spiro atoms. The molecule has 2 aromatic heterocycles. The van der Waals surface area contributed by atoms with Crippen LogP contribution in [0.15, 0.2) is 18.3 Å². The number of fused-ring (bicyclic) bond motifs is 1. The molecule has 3 nitrogen and oxygen atoms in total. The summed E-state index contributed by atoms with van der Waals surface area (Å²) < 4.78 is 0. The average Bonchev–Trinajstić information content (AvgIpc) is 2.74. The Hall–Kier alpha value is -1.06. The molecular weight excluding hydrogens is 234 g/mol. The third kappa shape index (κ3) is 2.31. The zero-order valence-electron chi connectivity index (χ0n) is 9.67. The van der Waals surface area contributed by atoms with Gasteiger partial charge in [-0.15, -0.1) is 0 Å². The Labute approximate surface area is 106 Å². The summed E-state index contributed by atoms with van der Waals surface area (Å²) in [4.78, 5) is 7.64. The van der Waals surface area contributed by atoms with Crippen LogP contribution >= 0.6 is 11.6 Å². The van der Waals surface area contributed by atoms with Crippen molar-refractivity contribution in [3.63, 3.8) is 0 Å². The molecule has 2 aromatic rings. The van der Waals surface area contributed by atoms with Gasteiger partial charge in [-0.2, -0.15) is 0 Å². The maximum Gasteiger partial charge on any atom is 0.138 e. The van der Waals surface area contributed by atoms with Crippen LogP contribution in [0.4, 0.5) is 0 Å². The summed E-state index contributed by atoms with van der Waals surface area (Å²) in [7, 11) is 0. The van der Waals surface area contributed by atoms with Crippen molar-refractivity contribution < 1.29 is 0 Å². The first kappa shape index (κ1) is 11.1. The molecular formula is C13H16ClN3. The van der Waals surface area contributed by atoms with Crippen molar-refractivity contribution in [1.29, 1.82) is 0 Å². The van der Waals surface area contributed by atoms with Crippen LogP contribution in [0.25, 0.3) is 11.0 Å². The zero-order chi connectivity index (χ0) is 11.7. The van der Waals surface area contributed by atoms with Crippen LogP contribution in [0.1, 0.15) is 25.0 Å². The van der Waals surface area contributed by atoms with Gasteiger partial charge in [0.25, 0.3) is 0 Å². The predicted molar refractivity (Wildman–Crippen MR) is 70.4 cm³/mol. The van der Waals surface area contributed by atoms with Gasteiger partial charge in [-0.1, -0.05) is 18.0 Å². The molecule has 1 fully saturated rings. The molecule has 3 heterocycles. The Morgan fingerprint density at radius 1 is 1.41 bits per heavy atom. The normalized spacial score (nSPS) is 20.9. The van der Waals surface area contributed by atoms with Crippen molar-refractivity contribution in [3.8, 4) is 0 Å². The van der Waals surface area contributed by atoms with Crippen LogP contribution in [-0.4, -0.2) is 22.6 Å². The number of aromatic nitrogens is 2. The van der Waals surface area contributed by atoms with Gasteiger partial charge in [-0.3, -0.25) is 0 Å². The highest BCUT2D eigenvalue weighted by Gasteiger charge is 2.14. The van der Waals surface area contributed by atoms with E-state index in [9.17, 15) is 0 Å². The summed E-state index contributed by atoms with van der Waals surface area (Å²) in [6.07, 6.45) is 6.67. The minimum absolute atomic E-state index is 0.593. The molecule has 1 unspecified atom stereocenters. The molecule has 3 rings (SSSR count). The number of hydrogen-bond acceptors (Lipinski definition) is 2. The van der Waals surface area contributed by atoms with E-state index in [0.29, 0.717) is 6.04 Å². The van der Waals surface area contributed by atoms with E-state index in [2.05, 4.69) is 21.4 Å². The molecule has 1 aliphatic rings. The summed E-state index contributed by atoms with van der Waals surface area (Å²) in [5, 5.41) is 5.35. The number of H-pyrrole nitrogens is 1. The van der Waals surface area contributed by atoms with E-state index in [-0.39, 0.29) is 0 Å². The first-order valence-electron chi connectivity index (χ1n) is 6.18. The van der Waals surface area contributed by atoms with E-state index in [4.69, 9.17) is 11.6 Å². The van der Waals surface area contributed by atoms with E-state index < -0.39 is 0 Å². The number of hydrogen-bond donors (Lipinski definition) is 2. The van der Waals surface area contributed by atoms with Crippen molar-refractivity contribution in [2.75, 3.05) is 6.54 Å². The highest BCUT2D eigenvalue weighted by Crippen LogP contribution is 2.23. The number of rotatable bonds is 2. The summed E-state index contributed by atoms with van der Waals surface area (Å²) in [6, 6.07) is 4.55. The first-order valence-corrected chi connectivity index (χ1v) is 6.56. The first-order chi connectivity index (χ1) is 8.33. The largest absolute Gasteiger partial charge is 0.343 e. The maximum absolute atomic E-state index is 6.14. The number of nitrogens with one attached hydrogen (secondary N) is 2. The Bertz CT molecular complexity index is 514. The Morgan fingerprint density at radius 3 is 3.12 bits per heavy atom. The number of piperidine rings is 1. The van der Waals surface area contributed by atoms with Crippen LogP contribution in [0, 0.1) is 0 Å². The van der Waals surface area contributed by atoms with Gasteiger partial charge in [0.15, 0.2) is 0 Å².